The van der Waals surface area contributed by atoms with E-state index in [0.717, 1.165) is 4.90 Å². The number of benzene rings is 1. The maximum absolute atomic E-state index is 11.8. The van der Waals surface area contributed by atoms with Gasteiger partial charge in [0, 0.05) is 11.4 Å². The summed E-state index contributed by atoms with van der Waals surface area (Å²) in [4.78, 5) is 12.7. The van der Waals surface area contributed by atoms with Gasteiger partial charge in [-0.3, -0.25) is 4.79 Å². The first-order valence-corrected chi connectivity index (χ1v) is 8.30. The minimum absolute atomic E-state index is 0.128. The maximum Gasteiger partial charge on any atom is 0.252 e. The summed E-state index contributed by atoms with van der Waals surface area (Å²) in [5, 5.41) is 7.54. The number of hydrogen-bond donors (Lipinski definition) is 2. The molecule has 100 valence electrons. The van der Waals surface area contributed by atoms with Crippen LogP contribution in [0.2, 0.25) is 0 Å². The van der Waals surface area contributed by atoms with Crippen LogP contribution in [-0.4, -0.2) is 32.9 Å². The van der Waals surface area contributed by atoms with Gasteiger partial charge in [-0.25, -0.2) is 13.6 Å². The van der Waals surface area contributed by atoms with Crippen LogP contribution in [0.5, 0.6) is 0 Å². The second-order valence-corrected chi connectivity index (χ2v) is 6.26. The SMILES string of the molecule is CSc1ccccc1C(=O)NCCCS(N)(=O)=O. The minimum atomic E-state index is -3.45. The average Bonchev–Trinajstić information content (AvgIpc) is 2.33. The lowest BCUT2D eigenvalue weighted by molar-refractivity contribution is 0.0951. The molecule has 0 radical (unpaired) electrons. The molecule has 0 atom stereocenters. The zero-order valence-electron chi connectivity index (χ0n) is 10.0. The van der Waals surface area contributed by atoms with Crippen molar-refractivity contribution < 1.29 is 13.2 Å². The van der Waals surface area contributed by atoms with Gasteiger partial charge >= 0.3 is 0 Å². The van der Waals surface area contributed by atoms with Crippen molar-refractivity contribution in [1.82, 2.24) is 5.32 Å². The Morgan fingerprint density at radius 3 is 2.67 bits per heavy atom. The molecule has 1 amide bonds. The summed E-state index contributed by atoms with van der Waals surface area (Å²) in [6.45, 7) is 0.290. The number of carbonyl (C=O) groups excluding carboxylic acids is 1. The fraction of sp³-hybridized carbons (Fsp3) is 0.364. The molecule has 1 rings (SSSR count). The number of hydrogen-bond acceptors (Lipinski definition) is 4. The molecule has 7 heteroatoms. The van der Waals surface area contributed by atoms with Crippen molar-refractivity contribution in [2.45, 2.75) is 11.3 Å². The van der Waals surface area contributed by atoms with Gasteiger partial charge in [-0.15, -0.1) is 11.8 Å². The van der Waals surface area contributed by atoms with E-state index in [1.165, 1.54) is 11.8 Å². The lowest BCUT2D eigenvalue weighted by Gasteiger charge is -2.07. The molecule has 0 aromatic heterocycles. The number of sulfonamides is 1. The van der Waals surface area contributed by atoms with Crippen molar-refractivity contribution in [1.29, 1.82) is 0 Å². The molecule has 3 N–H and O–H groups in total. The van der Waals surface area contributed by atoms with Crippen LogP contribution in [0, 0.1) is 0 Å². The predicted octanol–water partition coefficient (Wildman–Crippen LogP) is 0.817. The van der Waals surface area contributed by atoms with Crippen molar-refractivity contribution in [3.05, 3.63) is 29.8 Å². The van der Waals surface area contributed by atoms with Gasteiger partial charge in [0.05, 0.1) is 11.3 Å². The third-order valence-corrected chi connectivity index (χ3v) is 3.90. The van der Waals surface area contributed by atoms with E-state index in [4.69, 9.17) is 5.14 Å². The van der Waals surface area contributed by atoms with Gasteiger partial charge in [0.25, 0.3) is 5.91 Å². The highest BCUT2D eigenvalue weighted by molar-refractivity contribution is 7.98. The molecule has 0 unspecified atom stereocenters. The van der Waals surface area contributed by atoms with Gasteiger partial charge in [0.15, 0.2) is 0 Å². The van der Waals surface area contributed by atoms with Crippen LogP contribution < -0.4 is 10.5 Å². The zero-order chi connectivity index (χ0) is 13.6. The first kappa shape index (κ1) is 15.0. The smallest absolute Gasteiger partial charge is 0.252 e. The molecule has 0 bridgehead atoms. The molecule has 0 heterocycles. The molecule has 0 aliphatic carbocycles. The van der Waals surface area contributed by atoms with Gasteiger partial charge in [-0.2, -0.15) is 0 Å². The molecule has 18 heavy (non-hydrogen) atoms. The summed E-state index contributed by atoms with van der Waals surface area (Å²) in [5.41, 5.74) is 0.598. The Bertz CT molecular complexity index is 515. The first-order chi connectivity index (χ1) is 8.44. The quantitative estimate of drug-likeness (QED) is 0.599. The second kappa shape index (κ2) is 6.77. The Balaban J connectivity index is 2.51. The number of rotatable bonds is 6. The van der Waals surface area contributed by atoms with E-state index >= 15 is 0 Å². The van der Waals surface area contributed by atoms with Crippen LogP contribution >= 0.6 is 11.8 Å². The Morgan fingerprint density at radius 1 is 1.39 bits per heavy atom. The van der Waals surface area contributed by atoms with E-state index < -0.39 is 10.0 Å². The summed E-state index contributed by atoms with van der Waals surface area (Å²) >= 11 is 1.49. The highest BCUT2D eigenvalue weighted by Gasteiger charge is 2.10. The Kier molecular flexibility index (Phi) is 5.64. The van der Waals surface area contributed by atoms with Crippen LogP contribution in [-0.2, 0) is 10.0 Å². The molecular weight excluding hydrogens is 272 g/mol. The van der Waals surface area contributed by atoms with Gasteiger partial charge in [-0.05, 0) is 24.8 Å². The van der Waals surface area contributed by atoms with Crippen LogP contribution in [0.15, 0.2) is 29.2 Å². The average molecular weight is 288 g/mol. The lowest BCUT2D eigenvalue weighted by atomic mass is 10.2. The normalized spacial score (nSPS) is 11.2. The molecule has 1 aromatic rings. The first-order valence-electron chi connectivity index (χ1n) is 5.36. The van der Waals surface area contributed by atoms with Crippen molar-refractivity contribution >= 4 is 27.7 Å². The van der Waals surface area contributed by atoms with E-state index in [0.29, 0.717) is 12.0 Å². The maximum atomic E-state index is 11.8. The monoisotopic (exact) mass is 288 g/mol. The van der Waals surface area contributed by atoms with Crippen LogP contribution in [0.25, 0.3) is 0 Å². The van der Waals surface area contributed by atoms with E-state index in [1.807, 2.05) is 18.4 Å². The van der Waals surface area contributed by atoms with Crippen LogP contribution in [0.3, 0.4) is 0 Å². The Hall–Kier alpha value is -1.05. The van der Waals surface area contributed by atoms with E-state index in [9.17, 15) is 13.2 Å². The molecule has 0 fully saturated rings. The fourth-order valence-electron chi connectivity index (χ4n) is 1.40. The highest BCUT2D eigenvalue weighted by atomic mass is 32.2. The number of nitrogens with two attached hydrogens (primary N) is 1. The molecule has 0 aliphatic rings. The summed E-state index contributed by atoms with van der Waals surface area (Å²) in [6, 6.07) is 7.26. The molecule has 0 saturated carbocycles. The largest absolute Gasteiger partial charge is 0.352 e. The van der Waals surface area contributed by atoms with E-state index in [1.54, 1.807) is 12.1 Å². The third-order valence-electron chi connectivity index (χ3n) is 2.24. The summed E-state index contributed by atoms with van der Waals surface area (Å²) in [7, 11) is -3.45. The van der Waals surface area contributed by atoms with Gasteiger partial charge < -0.3 is 5.32 Å². The molecule has 5 nitrogen and oxygen atoms in total. The van der Waals surface area contributed by atoms with Crippen LogP contribution in [0.1, 0.15) is 16.8 Å². The van der Waals surface area contributed by atoms with Crippen molar-refractivity contribution in [2.75, 3.05) is 18.6 Å². The molecule has 0 saturated heterocycles. The molecule has 1 aromatic carbocycles. The van der Waals surface area contributed by atoms with Gasteiger partial charge in [0.1, 0.15) is 0 Å². The van der Waals surface area contributed by atoms with Crippen molar-refractivity contribution in [3.8, 4) is 0 Å². The van der Waals surface area contributed by atoms with Crippen molar-refractivity contribution in [2.24, 2.45) is 5.14 Å². The summed E-state index contributed by atoms with van der Waals surface area (Å²) < 4.78 is 21.4. The number of thioether (sulfide) groups is 1. The fourth-order valence-corrected chi connectivity index (χ4v) is 2.54. The number of amides is 1. The standard InChI is InChI=1S/C11H16N2O3S2/c1-17-10-6-3-2-5-9(10)11(14)13-7-4-8-18(12,15)16/h2-3,5-6H,4,7-8H2,1H3,(H,13,14)(H2,12,15,16). The van der Waals surface area contributed by atoms with Crippen LogP contribution in [0.4, 0.5) is 0 Å². The molecular formula is C11H16N2O3S2. The third kappa shape index (κ3) is 5.07. The topological polar surface area (TPSA) is 89.3 Å². The van der Waals surface area contributed by atoms with Crippen molar-refractivity contribution in [3.63, 3.8) is 0 Å². The molecule has 0 spiro atoms. The van der Waals surface area contributed by atoms with Gasteiger partial charge in [-0.1, -0.05) is 12.1 Å². The number of primary sulfonamides is 1. The van der Waals surface area contributed by atoms with E-state index in [2.05, 4.69) is 5.32 Å². The van der Waals surface area contributed by atoms with Gasteiger partial charge in [0.2, 0.25) is 10.0 Å². The number of nitrogens with one attached hydrogen (secondary N) is 1. The summed E-state index contributed by atoms with van der Waals surface area (Å²) in [6.07, 6.45) is 2.21. The Morgan fingerprint density at radius 2 is 2.06 bits per heavy atom. The summed E-state index contributed by atoms with van der Waals surface area (Å²) in [5.74, 6) is -0.327. The lowest BCUT2D eigenvalue weighted by Crippen LogP contribution is -2.27. The minimum Gasteiger partial charge on any atom is -0.352 e. The Labute approximate surface area is 111 Å². The van der Waals surface area contributed by atoms with E-state index in [-0.39, 0.29) is 18.2 Å². The predicted molar refractivity (Wildman–Crippen MR) is 73.1 cm³/mol. The molecule has 0 aliphatic heterocycles. The second-order valence-electron chi connectivity index (χ2n) is 3.68. The number of carbonyl (C=O) groups is 1. The highest BCUT2D eigenvalue weighted by Crippen LogP contribution is 2.19. The zero-order valence-corrected chi connectivity index (χ0v) is 11.7.